The number of nitrogens with one attached hydrogen (secondary N) is 1. The Morgan fingerprint density at radius 3 is 2.48 bits per heavy atom. The molecule has 2 aromatic carbocycles. The Morgan fingerprint density at radius 2 is 1.75 bits per heavy atom. The predicted octanol–water partition coefficient (Wildman–Crippen LogP) is 4.84. The molecule has 1 aliphatic carbocycles. The Balaban J connectivity index is 1.36. The number of fused-ring (bicyclic) bond motifs is 6. The molecule has 1 aromatic heterocycles. The second kappa shape index (κ2) is 13.1. The third kappa shape index (κ3) is 4.89. The number of para-hydroxylation sites is 1. The lowest BCUT2D eigenvalue weighted by Gasteiger charge is -2.66. The van der Waals surface area contributed by atoms with Gasteiger partial charge in [-0.25, -0.2) is 4.79 Å². The number of esters is 2. The first-order valence-electron chi connectivity index (χ1n) is 20.7. The zero-order chi connectivity index (χ0) is 39.4. The van der Waals surface area contributed by atoms with Gasteiger partial charge in [0.25, 0.3) is 0 Å². The zero-order valence-corrected chi connectivity index (χ0v) is 33.8. The fourth-order valence-corrected chi connectivity index (χ4v) is 13.4. The standard InChI is InChI=1S/C45H58N4O7/c1-7-41-16-11-18-49-19-12-17-43(37(41)49)31-21-32(35(54-4)22-34(31)47(3)38(43)45(53,26-41)40(51)56-6)44(39(50)55-5)24-28-23-42(52,8-2)27-48(25-28)20-15-30-29-13-9-10-14-33(29)46-36(30)44/h9-11,13-14,16,21-22,28,37-38,46,52-53H,7-8,12,15,17-20,23-27H2,1-6H3/t28-,37+,38+,41-,42-,43+,44-,45+/m0/s1. The van der Waals surface area contributed by atoms with Crippen LogP contribution in [0.1, 0.15) is 81.2 Å². The van der Waals surface area contributed by atoms with Crippen molar-refractivity contribution in [1.82, 2.24) is 14.8 Å². The summed E-state index contributed by atoms with van der Waals surface area (Å²) in [6.45, 7) is 8.02. The maximum Gasteiger partial charge on any atom is 0.340 e. The van der Waals surface area contributed by atoms with Crippen LogP contribution in [0.25, 0.3) is 10.9 Å². The summed E-state index contributed by atoms with van der Waals surface area (Å²) in [7, 11) is 6.47. The van der Waals surface area contributed by atoms with Crippen molar-refractivity contribution in [2.45, 2.75) is 99.3 Å². The number of aliphatic hydroxyl groups is 2. The fourth-order valence-electron chi connectivity index (χ4n) is 13.4. The van der Waals surface area contributed by atoms with E-state index in [0.29, 0.717) is 43.5 Å². The second-order valence-electron chi connectivity index (χ2n) is 18.0. The maximum atomic E-state index is 15.3. The lowest BCUT2D eigenvalue weighted by molar-refractivity contribution is -0.189. The number of ether oxygens (including phenoxy) is 3. The van der Waals surface area contributed by atoms with E-state index in [1.165, 1.54) is 14.2 Å². The average Bonchev–Trinajstić information content (AvgIpc) is 3.71. The number of hydrogen-bond donors (Lipinski definition) is 3. The molecule has 2 bridgehead atoms. The predicted molar refractivity (Wildman–Crippen MR) is 214 cm³/mol. The molecule has 0 amide bonds. The smallest absolute Gasteiger partial charge is 0.340 e. The molecule has 11 nitrogen and oxygen atoms in total. The first-order chi connectivity index (χ1) is 26.9. The summed E-state index contributed by atoms with van der Waals surface area (Å²) < 4.78 is 17.8. The van der Waals surface area contributed by atoms with Crippen molar-refractivity contribution in [2.75, 3.05) is 66.0 Å². The molecule has 6 aliphatic rings. The number of rotatable bonds is 6. The molecule has 11 heteroatoms. The highest BCUT2D eigenvalue weighted by Crippen LogP contribution is 2.67. The number of aromatic nitrogens is 1. The first-order valence-corrected chi connectivity index (χ1v) is 20.7. The van der Waals surface area contributed by atoms with Crippen LogP contribution in [0.5, 0.6) is 5.75 Å². The van der Waals surface area contributed by atoms with Crippen molar-refractivity contribution >= 4 is 28.5 Å². The summed E-state index contributed by atoms with van der Waals surface area (Å²) in [5.74, 6) is -0.507. The first kappa shape index (κ1) is 37.7. The van der Waals surface area contributed by atoms with Crippen molar-refractivity contribution in [2.24, 2.45) is 11.3 Å². The van der Waals surface area contributed by atoms with E-state index in [1.54, 1.807) is 7.11 Å². The zero-order valence-electron chi connectivity index (χ0n) is 33.8. The molecule has 9 rings (SSSR count). The number of methoxy groups -OCH3 is 3. The van der Waals surface area contributed by atoms with Crippen LogP contribution in [0, 0.1) is 11.3 Å². The van der Waals surface area contributed by atoms with E-state index in [0.717, 1.165) is 78.9 Å². The van der Waals surface area contributed by atoms with Gasteiger partial charge in [-0.15, -0.1) is 0 Å². The van der Waals surface area contributed by atoms with Crippen LogP contribution in [0.4, 0.5) is 5.69 Å². The van der Waals surface area contributed by atoms with Crippen LogP contribution in [0.15, 0.2) is 48.6 Å². The summed E-state index contributed by atoms with van der Waals surface area (Å²) in [6.07, 6.45) is 9.35. The normalized spacial score (nSPS) is 37.3. The molecule has 0 radical (unpaired) electrons. The van der Waals surface area contributed by atoms with Crippen molar-refractivity contribution in [3.8, 4) is 5.75 Å². The van der Waals surface area contributed by atoms with Gasteiger partial charge in [-0.05, 0) is 87.1 Å². The summed E-state index contributed by atoms with van der Waals surface area (Å²) in [4.78, 5) is 40.2. The van der Waals surface area contributed by atoms with Crippen molar-refractivity contribution in [3.63, 3.8) is 0 Å². The van der Waals surface area contributed by atoms with E-state index < -0.39 is 39.5 Å². The number of anilines is 1. The average molecular weight is 767 g/mol. The number of likely N-dealkylation sites (N-methyl/N-ethyl adjacent to an activating group) is 1. The van der Waals surface area contributed by atoms with Gasteiger partial charge in [-0.3, -0.25) is 14.6 Å². The number of nitrogens with zero attached hydrogens (tertiary/aromatic N) is 3. The quantitative estimate of drug-likeness (QED) is 0.237. The van der Waals surface area contributed by atoms with Gasteiger partial charge in [0, 0.05) is 84.0 Å². The van der Waals surface area contributed by atoms with Gasteiger partial charge in [-0.2, -0.15) is 0 Å². The van der Waals surface area contributed by atoms with Crippen LogP contribution >= 0.6 is 0 Å². The van der Waals surface area contributed by atoms with E-state index in [4.69, 9.17) is 14.2 Å². The van der Waals surface area contributed by atoms with Crippen LogP contribution in [-0.4, -0.2) is 121 Å². The minimum Gasteiger partial charge on any atom is -0.496 e. The Bertz CT molecular complexity index is 2120. The largest absolute Gasteiger partial charge is 0.496 e. The number of carbonyl (C=O) groups excluding carboxylic acids is 2. The molecule has 1 unspecified atom stereocenters. The highest BCUT2D eigenvalue weighted by atomic mass is 16.5. The third-order valence-corrected chi connectivity index (χ3v) is 15.4. The minimum atomic E-state index is -1.81. The molecule has 9 atom stereocenters. The lowest BCUT2D eigenvalue weighted by atomic mass is 9.46. The van der Waals surface area contributed by atoms with Gasteiger partial charge >= 0.3 is 11.9 Å². The van der Waals surface area contributed by atoms with Gasteiger partial charge in [0.2, 0.25) is 0 Å². The van der Waals surface area contributed by atoms with E-state index in [-0.39, 0.29) is 24.3 Å². The lowest BCUT2D eigenvalue weighted by Crippen LogP contribution is -2.78. The molecule has 56 heavy (non-hydrogen) atoms. The van der Waals surface area contributed by atoms with E-state index in [2.05, 4.69) is 57.0 Å². The van der Waals surface area contributed by atoms with Crippen molar-refractivity contribution < 1.29 is 34.0 Å². The number of carbonyl (C=O) groups is 2. The SMILES string of the molecule is CC[C@]1(O)C[C@@H]2CN(CCc3c([nH]c4ccccc34)[C@@](C(=O)OC)(c3cc4c(cc3OC)N(C)[C@@H]3[C@]45CCCN4CC=C[C@@](CC)(C[C@]3(O)C(=O)OC)[C@@H]45)C2)C1. The minimum absolute atomic E-state index is 0.0108. The van der Waals surface area contributed by atoms with Gasteiger partial charge in [0.05, 0.1) is 33.0 Å². The van der Waals surface area contributed by atoms with Gasteiger partial charge in [0.1, 0.15) is 11.2 Å². The summed E-state index contributed by atoms with van der Waals surface area (Å²) in [5.41, 5.74) is 0.186. The highest BCUT2D eigenvalue weighted by molar-refractivity contribution is 5.94. The Hall–Kier alpha value is -3.90. The summed E-state index contributed by atoms with van der Waals surface area (Å²) >= 11 is 0. The van der Waals surface area contributed by atoms with Crippen molar-refractivity contribution in [1.29, 1.82) is 0 Å². The van der Waals surface area contributed by atoms with Crippen molar-refractivity contribution in [3.05, 3.63) is 70.9 Å². The summed E-state index contributed by atoms with van der Waals surface area (Å²) in [6, 6.07) is 11.9. The van der Waals surface area contributed by atoms with Gasteiger partial charge in [-0.1, -0.05) is 44.2 Å². The molecule has 1 saturated carbocycles. The fraction of sp³-hybridized carbons (Fsp3) is 0.600. The molecule has 3 aromatic rings. The molecule has 1 spiro atoms. The van der Waals surface area contributed by atoms with Gasteiger partial charge < -0.3 is 34.3 Å². The Kier molecular flexibility index (Phi) is 8.78. The van der Waals surface area contributed by atoms with Crippen LogP contribution in [-0.2, 0) is 36.3 Å². The van der Waals surface area contributed by atoms with Crippen LogP contribution in [0.2, 0.25) is 0 Å². The molecular weight excluding hydrogens is 709 g/mol. The van der Waals surface area contributed by atoms with Crippen LogP contribution < -0.4 is 9.64 Å². The number of H-pyrrole nitrogens is 1. The Morgan fingerprint density at radius 1 is 0.964 bits per heavy atom. The number of benzene rings is 2. The van der Waals surface area contributed by atoms with Crippen LogP contribution in [0.3, 0.4) is 0 Å². The molecular formula is C45H58N4O7. The number of piperidine rings is 2. The van der Waals surface area contributed by atoms with E-state index in [9.17, 15) is 15.0 Å². The maximum absolute atomic E-state index is 15.3. The topological polar surface area (TPSA) is 128 Å². The molecule has 3 N–H and O–H groups in total. The summed E-state index contributed by atoms with van der Waals surface area (Å²) in [5, 5.41) is 26.0. The second-order valence-corrected chi connectivity index (χ2v) is 18.0. The van der Waals surface area contributed by atoms with E-state index >= 15 is 4.79 Å². The molecule has 5 aliphatic heterocycles. The van der Waals surface area contributed by atoms with E-state index in [1.807, 2.05) is 32.2 Å². The number of hydrogen-bond acceptors (Lipinski definition) is 10. The molecule has 300 valence electrons. The highest BCUT2D eigenvalue weighted by Gasteiger charge is 2.74. The third-order valence-electron chi connectivity index (χ3n) is 15.4. The molecule has 3 fully saturated rings. The molecule has 6 heterocycles. The van der Waals surface area contributed by atoms with Gasteiger partial charge in [0.15, 0.2) is 5.60 Å². The molecule has 2 saturated heterocycles. The monoisotopic (exact) mass is 766 g/mol. The number of aromatic amines is 1. The Labute approximate surface area is 329 Å².